The molecule has 0 spiro atoms. The van der Waals surface area contributed by atoms with E-state index in [1.165, 1.54) is 424 Å². The molecule has 1 rings (SSSR count). The maximum atomic E-state index is 2.53. The van der Waals surface area contributed by atoms with Crippen LogP contribution >= 0.6 is 0 Å². The van der Waals surface area contributed by atoms with E-state index in [9.17, 15) is 0 Å². The van der Waals surface area contributed by atoms with Gasteiger partial charge in [-0.1, -0.05) is 436 Å². The average molecular weight is 1030 g/mol. The van der Waals surface area contributed by atoms with Crippen molar-refractivity contribution in [3.8, 4) is 0 Å². The highest BCUT2D eigenvalue weighted by Gasteiger charge is 2.02. The number of hydrogen-bond donors (Lipinski definition) is 0. The van der Waals surface area contributed by atoms with E-state index in [1.807, 2.05) is 0 Å². The van der Waals surface area contributed by atoms with E-state index in [1.54, 1.807) is 11.1 Å². The molecule has 0 nitrogen and oxygen atoms in total. The molecule has 0 fully saturated rings. The van der Waals surface area contributed by atoms with Crippen molar-refractivity contribution in [1.29, 1.82) is 0 Å². The predicted octanol–water partition coefficient (Wildman–Crippen LogP) is 27.8. The topological polar surface area (TPSA) is 0 Å². The van der Waals surface area contributed by atoms with Gasteiger partial charge in [-0.2, -0.15) is 0 Å². The summed E-state index contributed by atoms with van der Waals surface area (Å²) in [5.41, 5.74) is 3.17. The van der Waals surface area contributed by atoms with E-state index in [0.29, 0.717) is 0 Å². The lowest BCUT2D eigenvalue weighted by atomic mass is 9.99. The van der Waals surface area contributed by atoms with Crippen molar-refractivity contribution < 1.29 is 0 Å². The van der Waals surface area contributed by atoms with Gasteiger partial charge in [0.2, 0.25) is 0 Å². The highest BCUT2D eigenvalue weighted by molar-refractivity contribution is 5.23. The summed E-state index contributed by atoms with van der Waals surface area (Å²) in [4.78, 5) is 0. The monoisotopic (exact) mass is 1030 g/mol. The number of unbranched alkanes of at least 4 members (excludes halogenated alkanes) is 62. The van der Waals surface area contributed by atoms with Gasteiger partial charge in [-0.3, -0.25) is 0 Å². The fourth-order valence-corrected chi connectivity index (χ4v) is 12.4. The Hall–Kier alpha value is -0.780. The van der Waals surface area contributed by atoms with Gasteiger partial charge in [0, 0.05) is 0 Å². The van der Waals surface area contributed by atoms with Gasteiger partial charge < -0.3 is 0 Å². The molecule has 0 N–H and O–H groups in total. The summed E-state index contributed by atoms with van der Waals surface area (Å²) in [6, 6.07) is 9.63. The van der Waals surface area contributed by atoms with Crippen molar-refractivity contribution in [1.82, 2.24) is 0 Å². The SMILES string of the molecule is CCCCCCCCCCCCCCCCCCCCCCCCCCCCCCCCCCc1cccc(CCCCCCCCCCCCCCCCCCCCCCCCCCCCCCCCCC)c1. The Labute approximate surface area is 470 Å². The minimum atomic E-state index is 1.28. The maximum Gasteiger partial charge on any atom is -0.0279 e. The van der Waals surface area contributed by atoms with Gasteiger partial charge >= 0.3 is 0 Å². The van der Waals surface area contributed by atoms with E-state index in [4.69, 9.17) is 0 Å². The summed E-state index contributed by atoms with van der Waals surface area (Å²) >= 11 is 0. The first-order valence-electron chi connectivity index (χ1n) is 35.9. The molecular formula is C74H142. The lowest BCUT2D eigenvalue weighted by Gasteiger charge is -2.07. The van der Waals surface area contributed by atoms with Crippen LogP contribution in [0.25, 0.3) is 0 Å². The lowest BCUT2D eigenvalue weighted by Crippen LogP contribution is -1.91. The van der Waals surface area contributed by atoms with Crippen LogP contribution in [0.2, 0.25) is 0 Å². The summed E-state index contributed by atoms with van der Waals surface area (Å²) in [5.74, 6) is 0. The molecule has 0 radical (unpaired) electrons. The maximum absolute atomic E-state index is 2.53. The van der Waals surface area contributed by atoms with E-state index in [2.05, 4.69) is 38.1 Å². The van der Waals surface area contributed by atoms with Crippen LogP contribution in [0.3, 0.4) is 0 Å². The number of rotatable bonds is 66. The quantitative estimate of drug-likeness (QED) is 0.0571. The Morgan fingerprint density at radius 3 is 0.419 bits per heavy atom. The zero-order chi connectivity index (χ0) is 52.7. The minimum absolute atomic E-state index is 1.28. The van der Waals surface area contributed by atoms with Gasteiger partial charge in [-0.25, -0.2) is 0 Å². The van der Waals surface area contributed by atoms with E-state index >= 15 is 0 Å². The molecule has 74 heavy (non-hydrogen) atoms. The van der Waals surface area contributed by atoms with Gasteiger partial charge in [0.15, 0.2) is 0 Å². The third-order valence-corrected chi connectivity index (χ3v) is 17.6. The van der Waals surface area contributed by atoms with Gasteiger partial charge in [-0.15, -0.1) is 0 Å². The molecule has 0 aliphatic heterocycles. The van der Waals surface area contributed by atoms with Crippen LogP contribution in [0.15, 0.2) is 24.3 Å². The molecule has 0 heteroatoms. The van der Waals surface area contributed by atoms with Crippen molar-refractivity contribution in [3.05, 3.63) is 35.4 Å². The van der Waals surface area contributed by atoms with Crippen LogP contribution in [0.4, 0.5) is 0 Å². The van der Waals surface area contributed by atoms with Crippen molar-refractivity contribution in [2.45, 2.75) is 438 Å². The highest BCUT2D eigenvalue weighted by atomic mass is 14.1. The van der Waals surface area contributed by atoms with Gasteiger partial charge in [0.05, 0.1) is 0 Å². The number of benzene rings is 1. The van der Waals surface area contributed by atoms with Crippen LogP contribution in [0.5, 0.6) is 0 Å². The zero-order valence-electron chi connectivity index (χ0n) is 52.0. The molecule has 0 saturated heterocycles. The first-order chi connectivity index (χ1) is 36.9. The lowest BCUT2D eigenvalue weighted by molar-refractivity contribution is 0.512. The minimum Gasteiger partial charge on any atom is -0.0654 e. The molecule has 0 amide bonds. The Morgan fingerprint density at radius 1 is 0.162 bits per heavy atom. The van der Waals surface area contributed by atoms with Crippen molar-refractivity contribution in [2.75, 3.05) is 0 Å². The van der Waals surface area contributed by atoms with Crippen molar-refractivity contribution in [2.24, 2.45) is 0 Å². The Balaban J connectivity index is 1.72. The molecule has 0 atom stereocenters. The molecule has 1 aromatic rings. The van der Waals surface area contributed by atoms with Crippen LogP contribution in [-0.4, -0.2) is 0 Å². The Bertz CT molecular complexity index is 1030. The number of aryl methyl sites for hydroxylation is 2. The predicted molar refractivity (Wildman–Crippen MR) is 341 cm³/mol. The fourth-order valence-electron chi connectivity index (χ4n) is 12.4. The fraction of sp³-hybridized carbons (Fsp3) is 0.919. The molecule has 0 saturated carbocycles. The first kappa shape index (κ1) is 71.2. The van der Waals surface area contributed by atoms with Crippen molar-refractivity contribution in [3.63, 3.8) is 0 Å². The molecule has 0 heterocycles. The van der Waals surface area contributed by atoms with Crippen LogP contribution in [0, 0.1) is 0 Å². The second-order valence-corrected chi connectivity index (χ2v) is 25.2. The Kier molecular flexibility index (Phi) is 62.3. The zero-order valence-corrected chi connectivity index (χ0v) is 52.0. The van der Waals surface area contributed by atoms with Crippen LogP contribution in [0.1, 0.15) is 436 Å². The summed E-state index contributed by atoms with van der Waals surface area (Å²) < 4.78 is 0. The number of hydrogen-bond acceptors (Lipinski definition) is 0. The summed E-state index contributed by atoms with van der Waals surface area (Å²) in [5, 5.41) is 0. The van der Waals surface area contributed by atoms with Crippen LogP contribution in [-0.2, 0) is 12.8 Å². The second-order valence-electron chi connectivity index (χ2n) is 25.2. The molecule has 0 unspecified atom stereocenters. The normalized spacial score (nSPS) is 11.7. The summed E-state index contributed by atoms with van der Waals surface area (Å²) in [6.45, 7) is 4.63. The van der Waals surface area contributed by atoms with Crippen molar-refractivity contribution >= 4 is 0 Å². The standard InChI is InChI=1S/C74H142/c1-3-5-7-9-11-13-15-17-19-21-23-25-27-29-31-33-35-37-39-41-43-45-47-49-51-53-55-57-59-61-63-65-68-73-70-67-71-74(72-73)69-66-64-62-60-58-56-54-52-50-48-46-44-42-40-38-36-34-32-30-28-26-24-22-20-18-16-14-12-10-8-6-4-2/h67,70-72H,3-66,68-69H2,1-2H3. The average Bonchev–Trinajstić information content (AvgIpc) is 3.41. The Morgan fingerprint density at radius 2 is 0.284 bits per heavy atom. The molecule has 438 valence electrons. The van der Waals surface area contributed by atoms with Gasteiger partial charge in [0.25, 0.3) is 0 Å². The van der Waals surface area contributed by atoms with E-state index in [-0.39, 0.29) is 0 Å². The largest absolute Gasteiger partial charge is 0.0654 e. The van der Waals surface area contributed by atoms with E-state index < -0.39 is 0 Å². The molecule has 1 aromatic carbocycles. The third-order valence-electron chi connectivity index (χ3n) is 17.6. The highest BCUT2D eigenvalue weighted by Crippen LogP contribution is 2.21. The van der Waals surface area contributed by atoms with Crippen LogP contribution < -0.4 is 0 Å². The first-order valence-corrected chi connectivity index (χ1v) is 35.9. The van der Waals surface area contributed by atoms with E-state index in [0.717, 1.165) is 0 Å². The second kappa shape index (κ2) is 64.7. The summed E-state index contributed by atoms with van der Waals surface area (Å²) in [6.07, 6.45) is 96.9. The molecule has 0 aliphatic carbocycles. The summed E-state index contributed by atoms with van der Waals surface area (Å²) in [7, 11) is 0. The molecule has 0 aromatic heterocycles. The molecule has 0 aliphatic rings. The smallest absolute Gasteiger partial charge is 0.0279 e. The molecule has 0 bridgehead atoms. The van der Waals surface area contributed by atoms with Gasteiger partial charge in [0.1, 0.15) is 0 Å². The molecular weight excluding hydrogens is 889 g/mol. The third kappa shape index (κ3) is 58.9. The van der Waals surface area contributed by atoms with Gasteiger partial charge in [-0.05, 0) is 36.8 Å².